The second-order valence-corrected chi connectivity index (χ2v) is 11.5. The number of fused-ring (bicyclic) bond motifs is 2. The molecular weight excluding hydrogens is 533 g/mol. The summed E-state index contributed by atoms with van der Waals surface area (Å²) in [4.78, 5) is 53.0. The number of carboxylic acid groups (broad SMARTS) is 1. The lowest BCUT2D eigenvalue weighted by Gasteiger charge is -2.49. The van der Waals surface area contributed by atoms with E-state index in [0.29, 0.717) is 15.0 Å². The maximum atomic E-state index is 13.0. The number of anilines is 1. The number of nitrogen functional groups attached to an aromatic ring is 1. The van der Waals surface area contributed by atoms with E-state index in [9.17, 15) is 19.5 Å². The topological polar surface area (TPSA) is 160 Å². The highest BCUT2D eigenvalue weighted by Crippen LogP contribution is 2.46. The third-order valence-corrected chi connectivity index (χ3v) is 9.39. The number of carbonyl (C=O) groups is 3. The molecule has 180 valence electrons. The van der Waals surface area contributed by atoms with Crippen LogP contribution >= 0.6 is 46.2 Å². The number of hydrogen-bond acceptors (Lipinski definition) is 12. The van der Waals surface area contributed by atoms with Gasteiger partial charge in [-0.1, -0.05) is 29.1 Å². The lowest BCUT2D eigenvalue weighted by Crippen LogP contribution is -2.71. The average Bonchev–Trinajstić information content (AvgIpc) is 3.45. The Morgan fingerprint density at radius 1 is 1.34 bits per heavy atom. The van der Waals surface area contributed by atoms with Gasteiger partial charge in [-0.05, 0) is 12.1 Å². The zero-order valence-electron chi connectivity index (χ0n) is 17.8. The van der Waals surface area contributed by atoms with Gasteiger partial charge in [0.15, 0.2) is 15.2 Å². The Kier molecular flexibility index (Phi) is 6.39. The number of aromatic nitrogens is 2. The van der Waals surface area contributed by atoms with Crippen LogP contribution in [0.1, 0.15) is 5.69 Å². The summed E-state index contributed by atoms with van der Waals surface area (Å²) in [6.07, 6.45) is 0. The summed E-state index contributed by atoms with van der Waals surface area (Å²) >= 11 is 5.20. The van der Waals surface area contributed by atoms with Crippen molar-refractivity contribution in [2.45, 2.75) is 15.8 Å². The first kappa shape index (κ1) is 23.6. The van der Waals surface area contributed by atoms with Gasteiger partial charge in [0.2, 0.25) is 0 Å². The molecule has 5 rings (SSSR count). The van der Waals surface area contributed by atoms with E-state index in [1.807, 2.05) is 24.3 Å². The molecule has 0 radical (unpaired) electrons. The minimum Gasteiger partial charge on any atom is -0.477 e. The minimum absolute atomic E-state index is 0.0911. The number of benzene rings is 1. The normalized spacial score (nSPS) is 20.0. The van der Waals surface area contributed by atoms with Crippen LogP contribution < -0.4 is 11.1 Å². The Morgan fingerprint density at radius 2 is 2.14 bits per heavy atom. The number of nitrogens with zero attached hydrogens (tertiary/aromatic N) is 4. The Morgan fingerprint density at radius 3 is 2.83 bits per heavy atom. The number of carbonyl (C=O) groups excluding carboxylic acids is 2. The fraction of sp³-hybridized carbons (Fsp3) is 0.200. The number of aliphatic carboxylic acids is 1. The lowest BCUT2D eigenvalue weighted by atomic mass is 10.0. The van der Waals surface area contributed by atoms with Crippen LogP contribution in [-0.4, -0.2) is 67.7 Å². The van der Waals surface area contributed by atoms with Crippen molar-refractivity contribution in [2.75, 3.05) is 18.6 Å². The maximum absolute atomic E-state index is 13.0. The summed E-state index contributed by atoms with van der Waals surface area (Å²) < 4.78 is 1.69. The van der Waals surface area contributed by atoms with Gasteiger partial charge in [-0.25, -0.2) is 14.8 Å². The van der Waals surface area contributed by atoms with Gasteiger partial charge in [-0.3, -0.25) is 14.5 Å². The van der Waals surface area contributed by atoms with E-state index in [1.165, 1.54) is 46.9 Å². The Bertz CT molecular complexity index is 1380. The summed E-state index contributed by atoms with van der Waals surface area (Å²) in [5.41, 5.74) is 6.47. The molecule has 1 saturated heterocycles. The lowest BCUT2D eigenvalue weighted by molar-refractivity contribution is -0.150. The van der Waals surface area contributed by atoms with Gasteiger partial charge in [0.05, 0.1) is 10.2 Å². The molecule has 2 aliphatic rings. The highest BCUT2D eigenvalue weighted by atomic mass is 32.2. The molecule has 0 saturated carbocycles. The number of amides is 2. The standard InChI is InChI=1S/C20H16N6O5S4/c1-31-25-12(9-6-33-19(21)22-9)15(27)24-13-16(28)26-14(18(29)30)11(7-32-17(13)26)35-20-23-8-4-2-3-5-10(8)34-20/h2-6,13,17H,7H2,1H3,(H2,21,22)(H,24,27)(H,29,30)/t13?,17-/m0/s1. The van der Waals surface area contributed by atoms with E-state index in [0.717, 1.165) is 21.6 Å². The molecular formula is C20H16N6O5S4. The van der Waals surface area contributed by atoms with E-state index in [-0.39, 0.29) is 22.2 Å². The van der Waals surface area contributed by atoms with Crippen LogP contribution in [0.3, 0.4) is 0 Å². The van der Waals surface area contributed by atoms with Crippen LogP contribution in [-0.2, 0) is 19.2 Å². The Balaban J connectivity index is 1.36. The fourth-order valence-electron chi connectivity index (χ4n) is 3.57. The highest BCUT2D eigenvalue weighted by molar-refractivity contribution is 8.07. The van der Waals surface area contributed by atoms with Crippen LogP contribution in [0.4, 0.5) is 5.13 Å². The predicted molar refractivity (Wildman–Crippen MR) is 135 cm³/mol. The number of para-hydroxylation sites is 1. The second kappa shape index (κ2) is 9.49. The summed E-state index contributed by atoms with van der Waals surface area (Å²) in [6, 6.07) is 6.72. The second-order valence-electron chi connectivity index (χ2n) is 7.18. The third kappa shape index (κ3) is 4.35. The van der Waals surface area contributed by atoms with Gasteiger partial charge in [0.1, 0.15) is 29.9 Å². The van der Waals surface area contributed by atoms with Gasteiger partial charge in [-0.2, -0.15) is 0 Å². The summed E-state index contributed by atoms with van der Waals surface area (Å²) in [5, 5.41) is 17.5. The van der Waals surface area contributed by atoms with Crippen molar-refractivity contribution >= 4 is 85.0 Å². The van der Waals surface area contributed by atoms with E-state index < -0.39 is 29.2 Å². The van der Waals surface area contributed by atoms with Gasteiger partial charge in [0.25, 0.3) is 11.8 Å². The summed E-state index contributed by atoms with van der Waals surface area (Å²) in [7, 11) is 1.28. The van der Waals surface area contributed by atoms with Crippen molar-refractivity contribution < 1.29 is 24.3 Å². The minimum atomic E-state index is -1.21. The van der Waals surface area contributed by atoms with E-state index in [2.05, 4.69) is 20.4 Å². The SMILES string of the molecule is CON=C(C(=O)NC1C(=O)N2C(C(=O)O)=C(Sc3nc4ccccc4s3)CS[C@@H]12)c1csc(N)n1. The number of nitrogens with two attached hydrogens (primary N) is 1. The van der Waals surface area contributed by atoms with Gasteiger partial charge in [-0.15, -0.1) is 34.4 Å². The number of carboxylic acids is 1. The number of β-lactam (4-membered cyclic amide) rings is 1. The van der Waals surface area contributed by atoms with Crippen molar-refractivity contribution in [3.05, 3.63) is 45.9 Å². The van der Waals surface area contributed by atoms with Crippen molar-refractivity contribution in [1.29, 1.82) is 0 Å². The number of nitrogens with one attached hydrogen (secondary N) is 1. The number of hydrogen-bond donors (Lipinski definition) is 3. The third-order valence-electron chi connectivity index (χ3n) is 5.07. The molecule has 2 aliphatic heterocycles. The molecule has 2 atom stereocenters. The zero-order valence-corrected chi connectivity index (χ0v) is 21.1. The molecule has 1 aromatic carbocycles. The molecule has 4 heterocycles. The molecule has 15 heteroatoms. The monoisotopic (exact) mass is 548 g/mol. The summed E-state index contributed by atoms with van der Waals surface area (Å²) in [6.45, 7) is 0. The van der Waals surface area contributed by atoms with Crippen molar-refractivity contribution in [3.8, 4) is 0 Å². The van der Waals surface area contributed by atoms with Crippen molar-refractivity contribution in [3.63, 3.8) is 0 Å². The first-order valence-corrected chi connectivity index (χ1v) is 13.5. The summed E-state index contributed by atoms with van der Waals surface area (Å²) in [5.74, 6) is -2.06. The van der Waals surface area contributed by atoms with Crippen molar-refractivity contribution in [2.24, 2.45) is 5.16 Å². The molecule has 1 fully saturated rings. The van der Waals surface area contributed by atoms with Crippen LogP contribution in [0.15, 0.2) is 49.7 Å². The average molecular weight is 549 g/mol. The van der Waals surface area contributed by atoms with E-state index in [1.54, 1.807) is 5.38 Å². The molecule has 4 N–H and O–H groups in total. The molecule has 2 aromatic heterocycles. The molecule has 0 spiro atoms. The first-order chi connectivity index (χ1) is 16.9. The zero-order chi connectivity index (χ0) is 24.7. The highest BCUT2D eigenvalue weighted by Gasteiger charge is 2.54. The van der Waals surface area contributed by atoms with Crippen molar-refractivity contribution in [1.82, 2.24) is 20.2 Å². The molecule has 3 aromatic rings. The smallest absolute Gasteiger partial charge is 0.353 e. The maximum Gasteiger partial charge on any atom is 0.353 e. The number of rotatable bonds is 7. The van der Waals surface area contributed by atoms with Crippen LogP contribution in [0.25, 0.3) is 10.2 Å². The van der Waals surface area contributed by atoms with Crippen LogP contribution in [0, 0.1) is 0 Å². The Hall–Kier alpha value is -3.14. The Labute approximate surface area is 214 Å². The molecule has 35 heavy (non-hydrogen) atoms. The molecule has 0 aliphatic carbocycles. The van der Waals surface area contributed by atoms with Crippen LogP contribution in [0.2, 0.25) is 0 Å². The number of thiazole rings is 2. The van der Waals surface area contributed by atoms with Gasteiger partial charge in [0, 0.05) is 16.0 Å². The van der Waals surface area contributed by atoms with Gasteiger partial charge >= 0.3 is 5.97 Å². The molecule has 2 amide bonds. The van der Waals surface area contributed by atoms with E-state index in [4.69, 9.17) is 10.6 Å². The predicted octanol–water partition coefficient (Wildman–Crippen LogP) is 2.17. The fourth-order valence-corrected chi connectivity index (χ4v) is 7.82. The van der Waals surface area contributed by atoms with Gasteiger partial charge < -0.3 is 21.0 Å². The largest absolute Gasteiger partial charge is 0.477 e. The number of oxime groups is 1. The first-order valence-electron chi connectivity index (χ1n) is 9.95. The molecule has 0 bridgehead atoms. The number of thioether (sulfide) groups is 2. The molecule has 11 nitrogen and oxygen atoms in total. The van der Waals surface area contributed by atoms with Crippen LogP contribution in [0.5, 0.6) is 0 Å². The quantitative estimate of drug-likeness (QED) is 0.227. The van der Waals surface area contributed by atoms with E-state index >= 15 is 0 Å². The molecule has 1 unspecified atom stereocenters.